The molecule has 0 saturated heterocycles. The number of aromatic nitrogens is 2. The number of urea groups is 1. The lowest BCUT2D eigenvalue weighted by atomic mass is 10.0. The molecule has 4 rings (SSSR count). The smallest absolute Gasteiger partial charge is 0.307 e. The van der Waals surface area contributed by atoms with Gasteiger partial charge in [-0.15, -0.1) is 0 Å². The average Bonchev–Trinajstić information content (AvgIpc) is 2.85. The van der Waals surface area contributed by atoms with Gasteiger partial charge < -0.3 is 10.6 Å². The van der Waals surface area contributed by atoms with E-state index in [0.29, 0.717) is 17.2 Å². The minimum absolute atomic E-state index is 0.288. The molecule has 4 aromatic rings. The summed E-state index contributed by atoms with van der Waals surface area (Å²) in [6.07, 6.45) is 3.10. The summed E-state index contributed by atoms with van der Waals surface area (Å²) >= 11 is 0. The monoisotopic (exact) mass is 440 g/mol. The summed E-state index contributed by atoms with van der Waals surface area (Å²) in [4.78, 5) is 22.0. The third kappa shape index (κ3) is 4.90. The summed E-state index contributed by atoms with van der Waals surface area (Å²) in [6.45, 7) is 4.09. The highest BCUT2D eigenvalue weighted by molar-refractivity contribution is 6.02. The molecule has 0 radical (unpaired) electrons. The van der Waals surface area contributed by atoms with Crippen molar-refractivity contribution in [2.45, 2.75) is 26.7 Å². The molecule has 2 N–H and O–H groups in total. The van der Waals surface area contributed by atoms with Crippen molar-refractivity contribution in [2.75, 3.05) is 10.6 Å². The molecule has 3 aromatic carbocycles. The lowest BCUT2D eigenvalue weighted by Crippen LogP contribution is -2.22. The van der Waals surface area contributed by atoms with Crippen LogP contribution in [0.3, 0.4) is 0 Å². The van der Waals surface area contributed by atoms with Gasteiger partial charge >= 0.3 is 6.03 Å². The van der Waals surface area contributed by atoms with Gasteiger partial charge in [-0.2, -0.15) is 0 Å². The lowest BCUT2D eigenvalue weighted by molar-refractivity contribution is 0.262. The highest BCUT2D eigenvalue weighted by Crippen LogP contribution is 2.30. The molecule has 0 aliphatic heterocycles. The standard InChI is InChI=1S/C27H25FN4O/c1-3-18-13-10-14-19(4-2)24(18)32-27(33)30-23-17-29-26(20-11-6-5-7-12-20)31-25(23)21-15-8-9-16-22(21)28/h5-17H,3-4H2,1-2H3,(H2,30,32,33). The number of benzene rings is 3. The first-order chi connectivity index (χ1) is 16.1. The van der Waals surface area contributed by atoms with Crippen LogP contribution in [0, 0.1) is 5.82 Å². The van der Waals surface area contributed by atoms with Crippen molar-refractivity contribution >= 4 is 17.4 Å². The summed E-state index contributed by atoms with van der Waals surface area (Å²) in [7, 11) is 0. The Labute approximate surface area is 192 Å². The molecule has 5 nitrogen and oxygen atoms in total. The van der Waals surface area contributed by atoms with Gasteiger partial charge in [0.25, 0.3) is 0 Å². The third-order valence-corrected chi connectivity index (χ3v) is 5.44. The Morgan fingerprint density at radius 2 is 1.52 bits per heavy atom. The molecule has 0 aliphatic carbocycles. The van der Waals surface area contributed by atoms with E-state index in [0.717, 1.165) is 35.2 Å². The average molecular weight is 441 g/mol. The quantitative estimate of drug-likeness (QED) is 0.350. The zero-order valence-corrected chi connectivity index (χ0v) is 18.6. The van der Waals surface area contributed by atoms with Crippen LogP contribution < -0.4 is 10.6 Å². The Morgan fingerprint density at radius 3 is 2.18 bits per heavy atom. The Bertz CT molecular complexity index is 1250. The van der Waals surface area contributed by atoms with Gasteiger partial charge in [-0.05, 0) is 36.1 Å². The van der Waals surface area contributed by atoms with Gasteiger partial charge in [-0.3, -0.25) is 0 Å². The fraction of sp³-hybridized carbons (Fsp3) is 0.148. The van der Waals surface area contributed by atoms with Crippen molar-refractivity contribution in [1.29, 1.82) is 0 Å². The number of carbonyl (C=O) groups is 1. The van der Waals surface area contributed by atoms with Crippen LogP contribution in [0.4, 0.5) is 20.6 Å². The first kappa shape index (κ1) is 22.1. The number of nitrogens with one attached hydrogen (secondary N) is 2. The molecule has 0 spiro atoms. The van der Waals surface area contributed by atoms with Gasteiger partial charge in [0.05, 0.1) is 11.9 Å². The number of aryl methyl sites for hydroxylation is 2. The number of anilines is 2. The van der Waals surface area contributed by atoms with E-state index in [4.69, 9.17) is 0 Å². The minimum atomic E-state index is -0.431. The Morgan fingerprint density at radius 1 is 0.848 bits per heavy atom. The second-order valence-corrected chi connectivity index (χ2v) is 7.54. The topological polar surface area (TPSA) is 66.9 Å². The van der Waals surface area contributed by atoms with Crippen molar-refractivity contribution in [3.8, 4) is 22.6 Å². The van der Waals surface area contributed by atoms with Gasteiger partial charge in [0.15, 0.2) is 5.82 Å². The van der Waals surface area contributed by atoms with E-state index < -0.39 is 11.8 Å². The number of carbonyl (C=O) groups excluding carboxylic acids is 1. The Balaban J connectivity index is 1.71. The zero-order chi connectivity index (χ0) is 23.2. The number of rotatable bonds is 6. The molecule has 0 atom stereocenters. The van der Waals surface area contributed by atoms with Gasteiger partial charge in [0, 0.05) is 16.8 Å². The second kappa shape index (κ2) is 10.0. The van der Waals surface area contributed by atoms with Crippen LogP contribution in [0.15, 0.2) is 79.0 Å². The summed E-state index contributed by atoms with van der Waals surface area (Å²) in [5.41, 5.74) is 4.63. The molecule has 0 unspecified atom stereocenters. The fourth-order valence-corrected chi connectivity index (χ4v) is 3.73. The summed E-state index contributed by atoms with van der Waals surface area (Å²) in [5, 5.41) is 5.79. The summed E-state index contributed by atoms with van der Waals surface area (Å²) in [6, 6.07) is 21.4. The third-order valence-electron chi connectivity index (χ3n) is 5.44. The highest BCUT2D eigenvalue weighted by atomic mass is 19.1. The number of hydrogen-bond donors (Lipinski definition) is 2. The van der Waals surface area contributed by atoms with E-state index in [1.54, 1.807) is 18.2 Å². The second-order valence-electron chi connectivity index (χ2n) is 7.54. The maximum atomic E-state index is 14.7. The normalized spacial score (nSPS) is 10.6. The molecule has 0 bridgehead atoms. The van der Waals surface area contributed by atoms with Gasteiger partial charge in [0.2, 0.25) is 0 Å². The zero-order valence-electron chi connectivity index (χ0n) is 18.6. The number of nitrogens with zero attached hydrogens (tertiary/aromatic N) is 2. The van der Waals surface area contributed by atoms with Crippen LogP contribution in [-0.4, -0.2) is 16.0 Å². The van der Waals surface area contributed by atoms with Crippen molar-refractivity contribution in [3.63, 3.8) is 0 Å². The predicted molar refractivity (Wildman–Crippen MR) is 131 cm³/mol. The van der Waals surface area contributed by atoms with Crippen molar-refractivity contribution in [2.24, 2.45) is 0 Å². The number of halogens is 1. The Hall–Kier alpha value is -4.06. The van der Waals surface area contributed by atoms with E-state index in [1.165, 1.54) is 12.3 Å². The molecule has 1 aromatic heterocycles. The van der Waals surface area contributed by atoms with Gasteiger partial charge in [0.1, 0.15) is 11.5 Å². The van der Waals surface area contributed by atoms with Crippen molar-refractivity contribution in [3.05, 3.63) is 95.9 Å². The van der Waals surface area contributed by atoms with E-state index in [9.17, 15) is 9.18 Å². The van der Waals surface area contributed by atoms with Crippen molar-refractivity contribution < 1.29 is 9.18 Å². The molecule has 33 heavy (non-hydrogen) atoms. The highest BCUT2D eigenvalue weighted by Gasteiger charge is 2.17. The maximum absolute atomic E-state index is 14.7. The molecule has 166 valence electrons. The minimum Gasteiger partial charge on any atom is -0.307 e. The van der Waals surface area contributed by atoms with Gasteiger partial charge in [-0.1, -0.05) is 74.5 Å². The molecular formula is C27H25FN4O. The molecule has 6 heteroatoms. The van der Waals surface area contributed by atoms with Crippen LogP contribution in [0.2, 0.25) is 0 Å². The van der Waals surface area contributed by atoms with Crippen molar-refractivity contribution in [1.82, 2.24) is 9.97 Å². The lowest BCUT2D eigenvalue weighted by Gasteiger charge is -2.16. The summed E-state index contributed by atoms with van der Waals surface area (Å²) in [5.74, 6) is 0.0210. The van der Waals surface area contributed by atoms with E-state index in [-0.39, 0.29) is 5.56 Å². The fourth-order valence-electron chi connectivity index (χ4n) is 3.73. The largest absolute Gasteiger partial charge is 0.323 e. The van der Waals surface area contributed by atoms with E-state index >= 15 is 0 Å². The number of para-hydroxylation sites is 1. The van der Waals surface area contributed by atoms with Crippen LogP contribution in [0.25, 0.3) is 22.6 Å². The first-order valence-electron chi connectivity index (χ1n) is 11.0. The Kier molecular flexibility index (Phi) is 6.74. The molecule has 0 saturated carbocycles. The van der Waals surface area contributed by atoms with E-state index in [1.807, 2.05) is 62.4 Å². The molecule has 1 heterocycles. The van der Waals surface area contributed by atoms with Gasteiger partial charge in [-0.25, -0.2) is 19.2 Å². The molecule has 0 aliphatic rings. The maximum Gasteiger partial charge on any atom is 0.323 e. The first-order valence-corrected chi connectivity index (χ1v) is 11.0. The predicted octanol–water partition coefficient (Wildman–Crippen LogP) is 6.72. The molecule has 0 fully saturated rings. The number of hydrogen-bond acceptors (Lipinski definition) is 3. The molecule has 2 amide bonds. The SMILES string of the molecule is CCc1cccc(CC)c1NC(=O)Nc1cnc(-c2ccccc2)nc1-c1ccccc1F. The van der Waals surface area contributed by atoms with Crippen LogP contribution in [0.5, 0.6) is 0 Å². The van der Waals surface area contributed by atoms with Crippen LogP contribution in [0.1, 0.15) is 25.0 Å². The summed E-state index contributed by atoms with van der Waals surface area (Å²) < 4.78 is 14.7. The van der Waals surface area contributed by atoms with Crippen LogP contribution in [-0.2, 0) is 12.8 Å². The number of amides is 2. The molecular weight excluding hydrogens is 415 g/mol. The van der Waals surface area contributed by atoms with E-state index in [2.05, 4.69) is 20.6 Å². The van der Waals surface area contributed by atoms with Crippen LogP contribution >= 0.6 is 0 Å².